The van der Waals surface area contributed by atoms with Gasteiger partial charge in [-0.15, -0.1) is 5.10 Å². The third-order valence-corrected chi connectivity index (χ3v) is 5.72. The maximum Gasteiger partial charge on any atom is 0.322 e. The number of hydrogen-bond acceptors (Lipinski definition) is 7. The van der Waals surface area contributed by atoms with Crippen molar-refractivity contribution in [2.24, 2.45) is 0 Å². The molecule has 0 radical (unpaired) electrons. The van der Waals surface area contributed by atoms with Gasteiger partial charge >= 0.3 is 6.01 Å². The monoisotopic (exact) mass is 416 g/mol. The fourth-order valence-electron chi connectivity index (χ4n) is 2.33. The summed E-state index contributed by atoms with van der Waals surface area (Å²) in [7, 11) is -0.599. The van der Waals surface area contributed by atoms with Crippen LogP contribution in [0.2, 0.25) is 0 Å². The Morgan fingerprint density at radius 1 is 1.07 bits per heavy atom. The average Bonchev–Trinajstić information content (AvgIpc) is 3.17. The molecular formula is C19H20N4O5S. The molecule has 0 aliphatic rings. The number of benzene rings is 2. The van der Waals surface area contributed by atoms with Gasteiger partial charge in [0.2, 0.25) is 21.8 Å². The molecule has 1 aromatic heterocycles. The summed E-state index contributed by atoms with van der Waals surface area (Å²) in [6.07, 6.45) is 0.115. The molecule has 0 bridgehead atoms. The number of anilines is 1. The lowest BCUT2D eigenvalue weighted by Gasteiger charge is -2.11. The van der Waals surface area contributed by atoms with E-state index in [2.05, 4.69) is 15.5 Å². The number of nitrogens with one attached hydrogen (secondary N) is 1. The third-order valence-electron chi connectivity index (χ3n) is 3.89. The van der Waals surface area contributed by atoms with E-state index in [1.807, 2.05) is 18.2 Å². The Labute approximate surface area is 168 Å². The number of nitrogens with zero attached hydrogens (tertiary/aromatic N) is 3. The van der Waals surface area contributed by atoms with Crippen molar-refractivity contribution in [2.45, 2.75) is 11.3 Å². The van der Waals surface area contributed by atoms with Crippen LogP contribution in [0.4, 0.5) is 6.01 Å². The fourth-order valence-corrected chi connectivity index (χ4v) is 3.23. The molecule has 1 amide bonds. The van der Waals surface area contributed by atoms with Gasteiger partial charge in [0, 0.05) is 19.7 Å². The summed E-state index contributed by atoms with van der Waals surface area (Å²) in [5.74, 6) is 0.512. The van der Waals surface area contributed by atoms with Gasteiger partial charge in [0.1, 0.15) is 5.75 Å². The molecular weight excluding hydrogens is 396 g/mol. The van der Waals surface area contributed by atoms with Crippen molar-refractivity contribution < 1.29 is 22.4 Å². The van der Waals surface area contributed by atoms with E-state index in [-0.39, 0.29) is 35.7 Å². The lowest BCUT2D eigenvalue weighted by atomic mass is 10.2. The van der Waals surface area contributed by atoms with Gasteiger partial charge in [0.25, 0.3) is 0 Å². The van der Waals surface area contributed by atoms with E-state index in [1.54, 1.807) is 24.3 Å². The summed E-state index contributed by atoms with van der Waals surface area (Å²) in [5, 5.41) is 10.2. The van der Waals surface area contributed by atoms with E-state index < -0.39 is 10.0 Å². The van der Waals surface area contributed by atoms with Crippen LogP contribution in [0.5, 0.6) is 5.75 Å². The average molecular weight is 416 g/mol. The number of rotatable bonds is 8. The summed E-state index contributed by atoms with van der Waals surface area (Å²) in [5.41, 5.74) is 0.531. The first-order valence-electron chi connectivity index (χ1n) is 8.70. The van der Waals surface area contributed by atoms with Gasteiger partial charge in [-0.2, -0.15) is 0 Å². The Kier molecular flexibility index (Phi) is 6.25. The second-order valence-electron chi connectivity index (χ2n) is 6.18. The van der Waals surface area contributed by atoms with Crippen molar-refractivity contribution >= 4 is 21.9 Å². The number of para-hydroxylation sites is 1. The maximum absolute atomic E-state index is 12.1. The van der Waals surface area contributed by atoms with Crippen LogP contribution < -0.4 is 10.1 Å². The highest BCUT2D eigenvalue weighted by Gasteiger charge is 2.18. The molecule has 0 spiro atoms. The maximum atomic E-state index is 12.1. The summed E-state index contributed by atoms with van der Waals surface area (Å²) < 4.78 is 36.2. The number of aromatic nitrogens is 2. The first kappa shape index (κ1) is 20.5. The van der Waals surface area contributed by atoms with Gasteiger partial charge < -0.3 is 9.15 Å². The predicted octanol–water partition coefficient (Wildman–Crippen LogP) is 2.39. The first-order chi connectivity index (χ1) is 13.9. The molecule has 10 heteroatoms. The van der Waals surface area contributed by atoms with Crippen LogP contribution in [0, 0.1) is 0 Å². The fraction of sp³-hybridized carbons (Fsp3) is 0.211. The predicted molar refractivity (Wildman–Crippen MR) is 106 cm³/mol. The summed E-state index contributed by atoms with van der Waals surface area (Å²) in [6, 6.07) is 15.1. The Bertz CT molecular complexity index is 1060. The van der Waals surface area contributed by atoms with Crippen LogP contribution in [-0.4, -0.2) is 49.5 Å². The number of carbonyl (C=O) groups excluding carboxylic acids is 1. The van der Waals surface area contributed by atoms with Crippen molar-refractivity contribution in [3.8, 4) is 17.2 Å². The number of carbonyl (C=O) groups is 1. The SMILES string of the molecule is CN(C)S(=O)(=O)c1ccc(-c2nnc(NC(=O)CCOc3ccccc3)o2)cc1. The summed E-state index contributed by atoms with van der Waals surface area (Å²) in [4.78, 5) is 12.1. The molecule has 2 aromatic carbocycles. The van der Waals surface area contributed by atoms with Gasteiger partial charge in [0.05, 0.1) is 17.9 Å². The summed E-state index contributed by atoms with van der Waals surface area (Å²) in [6.45, 7) is 0.207. The van der Waals surface area contributed by atoms with Crippen LogP contribution in [0.25, 0.3) is 11.5 Å². The largest absolute Gasteiger partial charge is 0.493 e. The Morgan fingerprint density at radius 3 is 2.41 bits per heavy atom. The standard InChI is InChI=1S/C19H20N4O5S/c1-23(2)29(25,26)16-10-8-14(9-11-16)18-21-22-19(28-18)20-17(24)12-13-27-15-6-4-3-5-7-15/h3-11H,12-13H2,1-2H3,(H,20,22,24). The smallest absolute Gasteiger partial charge is 0.322 e. The number of ether oxygens (including phenoxy) is 1. The second kappa shape index (κ2) is 8.84. The van der Waals surface area contributed by atoms with Crippen molar-refractivity contribution in [3.63, 3.8) is 0 Å². The minimum absolute atomic E-state index is 0.0466. The second-order valence-corrected chi connectivity index (χ2v) is 8.34. The van der Waals surface area contributed by atoms with Gasteiger partial charge in [-0.3, -0.25) is 10.1 Å². The normalized spacial score (nSPS) is 11.4. The number of amides is 1. The molecule has 1 N–H and O–H groups in total. The summed E-state index contributed by atoms with van der Waals surface area (Å²) >= 11 is 0. The van der Waals surface area contributed by atoms with Crippen molar-refractivity contribution in [3.05, 3.63) is 54.6 Å². The van der Waals surface area contributed by atoms with Crippen LogP contribution >= 0.6 is 0 Å². The Balaban J connectivity index is 1.57. The molecule has 1 heterocycles. The lowest BCUT2D eigenvalue weighted by Crippen LogP contribution is -2.22. The Morgan fingerprint density at radius 2 is 1.76 bits per heavy atom. The van der Waals surface area contributed by atoms with E-state index in [0.717, 1.165) is 4.31 Å². The Hall–Kier alpha value is -3.24. The van der Waals surface area contributed by atoms with Crippen LogP contribution in [0.15, 0.2) is 63.9 Å². The van der Waals surface area contributed by atoms with E-state index in [1.165, 1.54) is 26.2 Å². The van der Waals surface area contributed by atoms with E-state index in [9.17, 15) is 13.2 Å². The highest BCUT2D eigenvalue weighted by atomic mass is 32.2. The topological polar surface area (TPSA) is 115 Å². The molecule has 152 valence electrons. The molecule has 0 fully saturated rings. The number of hydrogen-bond donors (Lipinski definition) is 1. The van der Waals surface area contributed by atoms with Crippen molar-refractivity contribution in [2.75, 3.05) is 26.0 Å². The van der Waals surface area contributed by atoms with Crippen molar-refractivity contribution in [1.29, 1.82) is 0 Å². The zero-order chi connectivity index (χ0) is 20.9. The van der Waals surface area contributed by atoms with Crippen LogP contribution in [-0.2, 0) is 14.8 Å². The van der Waals surface area contributed by atoms with E-state index in [0.29, 0.717) is 11.3 Å². The molecule has 0 saturated carbocycles. The van der Waals surface area contributed by atoms with Gasteiger partial charge in [-0.05, 0) is 36.4 Å². The first-order valence-corrected chi connectivity index (χ1v) is 10.1. The molecule has 29 heavy (non-hydrogen) atoms. The van der Waals surface area contributed by atoms with E-state index >= 15 is 0 Å². The highest BCUT2D eigenvalue weighted by Crippen LogP contribution is 2.22. The zero-order valence-corrected chi connectivity index (χ0v) is 16.7. The van der Waals surface area contributed by atoms with Gasteiger partial charge in [-0.1, -0.05) is 23.3 Å². The highest BCUT2D eigenvalue weighted by molar-refractivity contribution is 7.89. The minimum atomic E-state index is -3.52. The molecule has 0 unspecified atom stereocenters. The molecule has 0 atom stereocenters. The van der Waals surface area contributed by atoms with E-state index in [4.69, 9.17) is 9.15 Å². The third kappa shape index (κ3) is 5.18. The van der Waals surface area contributed by atoms with Crippen molar-refractivity contribution in [1.82, 2.24) is 14.5 Å². The minimum Gasteiger partial charge on any atom is -0.493 e. The molecule has 0 aliphatic carbocycles. The molecule has 3 rings (SSSR count). The van der Waals surface area contributed by atoms with Gasteiger partial charge in [0.15, 0.2) is 0 Å². The lowest BCUT2D eigenvalue weighted by molar-refractivity contribution is -0.116. The number of sulfonamides is 1. The molecule has 0 saturated heterocycles. The van der Waals surface area contributed by atoms with Gasteiger partial charge in [-0.25, -0.2) is 12.7 Å². The molecule has 0 aliphatic heterocycles. The molecule has 3 aromatic rings. The van der Waals surface area contributed by atoms with Crippen LogP contribution in [0.1, 0.15) is 6.42 Å². The quantitative estimate of drug-likeness (QED) is 0.599. The molecule has 9 nitrogen and oxygen atoms in total. The van der Waals surface area contributed by atoms with Crippen LogP contribution in [0.3, 0.4) is 0 Å². The zero-order valence-electron chi connectivity index (χ0n) is 15.9.